The first-order chi connectivity index (χ1) is 12.1. The van der Waals surface area contributed by atoms with E-state index in [9.17, 15) is 4.79 Å². The zero-order valence-corrected chi connectivity index (χ0v) is 15.0. The summed E-state index contributed by atoms with van der Waals surface area (Å²) < 4.78 is 10.6. The third kappa shape index (κ3) is 5.05. The van der Waals surface area contributed by atoms with Crippen molar-refractivity contribution in [3.8, 4) is 16.9 Å². The van der Waals surface area contributed by atoms with Crippen LogP contribution in [0.1, 0.15) is 24.9 Å². The molecule has 0 aliphatic heterocycles. The average Bonchev–Trinajstić information content (AvgIpc) is 2.66. The SMILES string of the molecule is COc1ccccc1-c1ccc(C(C)NC(=O)CC(CN)OC)cc1. The molecule has 0 radical (unpaired) electrons. The van der Waals surface area contributed by atoms with E-state index in [1.165, 1.54) is 0 Å². The van der Waals surface area contributed by atoms with E-state index in [4.69, 9.17) is 15.2 Å². The lowest BCUT2D eigenvalue weighted by Crippen LogP contribution is -2.33. The Labute approximate surface area is 149 Å². The van der Waals surface area contributed by atoms with Gasteiger partial charge >= 0.3 is 0 Å². The largest absolute Gasteiger partial charge is 0.496 e. The minimum Gasteiger partial charge on any atom is -0.496 e. The van der Waals surface area contributed by atoms with Crippen LogP contribution in [0.3, 0.4) is 0 Å². The molecule has 5 nitrogen and oxygen atoms in total. The molecule has 0 aliphatic carbocycles. The van der Waals surface area contributed by atoms with Crippen molar-refractivity contribution in [1.82, 2.24) is 5.32 Å². The molecule has 0 aromatic heterocycles. The van der Waals surface area contributed by atoms with Gasteiger partial charge in [-0.25, -0.2) is 0 Å². The normalized spacial score (nSPS) is 13.1. The molecule has 2 unspecified atom stereocenters. The number of ether oxygens (including phenoxy) is 2. The molecule has 0 saturated carbocycles. The lowest BCUT2D eigenvalue weighted by atomic mass is 10.0. The number of para-hydroxylation sites is 1. The fourth-order valence-electron chi connectivity index (χ4n) is 2.69. The van der Waals surface area contributed by atoms with Gasteiger partial charge in [0.05, 0.1) is 25.7 Å². The number of nitrogens with two attached hydrogens (primary N) is 1. The highest BCUT2D eigenvalue weighted by molar-refractivity contribution is 5.77. The van der Waals surface area contributed by atoms with E-state index in [2.05, 4.69) is 5.32 Å². The van der Waals surface area contributed by atoms with Gasteiger partial charge < -0.3 is 20.5 Å². The van der Waals surface area contributed by atoms with Crippen LogP contribution in [-0.4, -0.2) is 32.8 Å². The van der Waals surface area contributed by atoms with Gasteiger partial charge in [0.1, 0.15) is 5.75 Å². The highest BCUT2D eigenvalue weighted by atomic mass is 16.5. The van der Waals surface area contributed by atoms with Gasteiger partial charge in [-0.3, -0.25) is 4.79 Å². The molecule has 3 N–H and O–H groups in total. The number of nitrogens with one attached hydrogen (secondary N) is 1. The molecule has 0 heterocycles. The third-order valence-corrected chi connectivity index (χ3v) is 4.22. The number of benzene rings is 2. The van der Waals surface area contributed by atoms with E-state index >= 15 is 0 Å². The summed E-state index contributed by atoms with van der Waals surface area (Å²) in [5, 5.41) is 2.98. The van der Waals surface area contributed by atoms with Gasteiger partial charge in [0.2, 0.25) is 5.91 Å². The van der Waals surface area contributed by atoms with Crippen LogP contribution in [0.15, 0.2) is 48.5 Å². The molecule has 0 bridgehead atoms. The van der Waals surface area contributed by atoms with E-state index in [1.807, 2.05) is 55.5 Å². The quantitative estimate of drug-likeness (QED) is 0.774. The van der Waals surface area contributed by atoms with Crippen molar-refractivity contribution in [2.24, 2.45) is 5.73 Å². The van der Waals surface area contributed by atoms with Crippen molar-refractivity contribution in [2.45, 2.75) is 25.5 Å². The number of methoxy groups -OCH3 is 2. The number of amides is 1. The molecule has 25 heavy (non-hydrogen) atoms. The predicted molar refractivity (Wildman–Crippen MR) is 99.5 cm³/mol. The van der Waals surface area contributed by atoms with Crippen molar-refractivity contribution in [3.63, 3.8) is 0 Å². The van der Waals surface area contributed by atoms with Gasteiger partial charge in [0.25, 0.3) is 0 Å². The van der Waals surface area contributed by atoms with Gasteiger partial charge in [-0.05, 0) is 24.1 Å². The second-order valence-corrected chi connectivity index (χ2v) is 5.91. The number of hydrogen-bond donors (Lipinski definition) is 2. The van der Waals surface area contributed by atoms with Crippen LogP contribution in [0.5, 0.6) is 5.75 Å². The molecule has 1 amide bonds. The molecular formula is C20H26N2O3. The maximum absolute atomic E-state index is 12.1. The smallest absolute Gasteiger partial charge is 0.223 e. The molecule has 0 saturated heterocycles. The highest BCUT2D eigenvalue weighted by Gasteiger charge is 2.15. The van der Waals surface area contributed by atoms with Crippen LogP contribution in [0.4, 0.5) is 0 Å². The van der Waals surface area contributed by atoms with Crippen molar-refractivity contribution in [3.05, 3.63) is 54.1 Å². The maximum Gasteiger partial charge on any atom is 0.223 e. The van der Waals surface area contributed by atoms with Crippen LogP contribution < -0.4 is 15.8 Å². The molecule has 2 aromatic rings. The van der Waals surface area contributed by atoms with Crippen molar-refractivity contribution in [1.29, 1.82) is 0 Å². The van der Waals surface area contributed by atoms with Gasteiger partial charge in [0, 0.05) is 19.2 Å². The van der Waals surface area contributed by atoms with Crippen LogP contribution in [0, 0.1) is 0 Å². The van der Waals surface area contributed by atoms with E-state index in [0.29, 0.717) is 6.54 Å². The number of carbonyl (C=O) groups excluding carboxylic acids is 1. The van der Waals surface area contributed by atoms with Gasteiger partial charge in [-0.15, -0.1) is 0 Å². The summed E-state index contributed by atoms with van der Waals surface area (Å²) in [6.07, 6.45) is 0.0107. The standard InChI is InChI=1S/C20H26N2O3/c1-14(22-20(23)12-17(13-21)24-2)15-8-10-16(11-9-15)18-6-4-5-7-19(18)25-3/h4-11,14,17H,12-13,21H2,1-3H3,(H,22,23). The molecule has 2 rings (SSSR count). The monoisotopic (exact) mass is 342 g/mol. The Balaban J connectivity index is 2.05. The minimum absolute atomic E-state index is 0.0707. The summed E-state index contributed by atoms with van der Waals surface area (Å²) in [6, 6.07) is 15.9. The van der Waals surface area contributed by atoms with Crippen molar-refractivity contribution < 1.29 is 14.3 Å². The molecule has 134 valence electrons. The zero-order chi connectivity index (χ0) is 18.2. The summed E-state index contributed by atoms with van der Waals surface area (Å²) in [5.41, 5.74) is 8.70. The second-order valence-electron chi connectivity index (χ2n) is 5.91. The van der Waals surface area contributed by atoms with E-state index < -0.39 is 0 Å². The maximum atomic E-state index is 12.1. The first kappa shape index (κ1) is 19.0. The summed E-state index contributed by atoms with van der Waals surface area (Å²) in [6.45, 7) is 2.28. The van der Waals surface area contributed by atoms with Crippen LogP contribution >= 0.6 is 0 Å². The lowest BCUT2D eigenvalue weighted by molar-refractivity contribution is -0.124. The second kappa shape index (κ2) is 9.20. The van der Waals surface area contributed by atoms with E-state index in [1.54, 1.807) is 14.2 Å². The summed E-state index contributed by atoms with van der Waals surface area (Å²) in [7, 11) is 3.23. The minimum atomic E-state index is -0.250. The Bertz CT molecular complexity index is 682. The van der Waals surface area contributed by atoms with Gasteiger partial charge in [-0.1, -0.05) is 42.5 Å². The fourth-order valence-corrected chi connectivity index (χ4v) is 2.69. The molecule has 5 heteroatoms. The summed E-state index contributed by atoms with van der Waals surface area (Å²) in [4.78, 5) is 12.1. The topological polar surface area (TPSA) is 73.6 Å². The molecule has 0 spiro atoms. The Hall–Kier alpha value is -2.37. The van der Waals surface area contributed by atoms with E-state index in [-0.39, 0.29) is 24.5 Å². The Kier molecular flexibility index (Phi) is 6.98. The Morgan fingerprint density at radius 3 is 2.40 bits per heavy atom. The highest BCUT2D eigenvalue weighted by Crippen LogP contribution is 2.30. The van der Waals surface area contributed by atoms with E-state index in [0.717, 1.165) is 22.4 Å². The molecular weight excluding hydrogens is 316 g/mol. The molecule has 0 fully saturated rings. The van der Waals surface area contributed by atoms with Crippen LogP contribution in [0.2, 0.25) is 0 Å². The third-order valence-electron chi connectivity index (χ3n) is 4.22. The Morgan fingerprint density at radius 1 is 1.12 bits per heavy atom. The molecule has 2 aromatic carbocycles. The predicted octanol–water partition coefficient (Wildman–Crippen LogP) is 2.90. The zero-order valence-electron chi connectivity index (χ0n) is 15.0. The number of carbonyl (C=O) groups is 1. The number of hydrogen-bond acceptors (Lipinski definition) is 4. The fraction of sp³-hybridized carbons (Fsp3) is 0.350. The number of rotatable bonds is 8. The average molecular weight is 342 g/mol. The molecule has 2 atom stereocenters. The summed E-state index contributed by atoms with van der Waals surface area (Å²) in [5.74, 6) is 0.766. The summed E-state index contributed by atoms with van der Waals surface area (Å²) >= 11 is 0. The van der Waals surface area contributed by atoms with Gasteiger partial charge in [0.15, 0.2) is 0 Å². The van der Waals surface area contributed by atoms with Crippen molar-refractivity contribution in [2.75, 3.05) is 20.8 Å². The van der Waals surface area contributed by atoms with Gasteiger partial charge in [-0.2, -0.15) is 0 Å². The first-order valence-electron chi connectivity index (χ1n) is 8.34. The molecule has 0 aliphatic rings. The van der Waals surface area contributed by atoms with Crippen molar-refractivity contribution >= 4 is 5.91 Å². The van der Waals surface area contributed by atoms with Crippen LogP contribution in [0.25, 0.3) is 11.1 Å². The van der Waals surface area contributed by atoms with Crippen LogP contribution in [-0.2, 0) is 9.53 Å². The lowest BCUT2D eigenvalue weighted by Gasteiger charge is -2.18. The Morgan fingerprint density at radius 2 is 1.80 bits per heavy atom. The first-order valence-corrected chi connectivity index (χ1v) is 8.34.